The second-order valence-corrected chi connectivity index (χ2v) is 29.5. The van der Waals surface area contributed by atoms with Crippen LogP contribution >= 0.6 is 0 Å². The van der Waals surface area contributed by atoms with E-state index >= 15 is 0 Å². The van der Waals surface area contributed by atoms with Crippen LogP contribution in [0.4, 0.5) is 0 Å². The standard InChI is InChI=1S/C66H103NO27S2/c1-40(16-10-9-14-30-84-56(74)18-12-8-11-17-55(73)67-37-46(68)34-50(70)60(94-96(81,82)83)51(71)39-87-95(78,79)80)38-85-62(76)63(7,77)36-48-21-22-54(72)66(90-48)35-41(2)32-53(91-66)42(3)19-20-47-24-28-65(89-47)29-25-52-61(93-65)57(75)45(6)59(88-52)49(69)33-44(5)58-43(4)23-27-64(92-58)26-13-15-31-86-64/h8-10,12,16,19-20,35,42-44,46-54,57-61,68-72,75,77H,6,11,13-15,17-18,21-34,36-39H2,1-5,7H3,(H,67,73)(H,78,79,80)(H,81,82,83)/b10-9+,12-8+,20-19+,40-16+/i37+1,67+1. The van der Waals surface area contributed by atoms with E-state index in [1.54, 1.807) is 37.3 Å². The highest BCUT2D eigenvalue weighted by atomic mass is 32.3. The number of nitrogens with one attached hydrogen (secondary N) is 1. The monoisotopic (exact) mass is 1410 g/mol. The maximum atomic E-state index is 13.3. The molecule has 6 saturated heterocycles. The van der Waals surface area contributed by atoms with E-state index < -0.39 is 154 Å². The molecule has 0 saturated carbocycles. The molecule has 28 nitrogen and oxygen atoms in total. The molecule has 6 fully saturated rings. The van der Waals surface area contributed by atoms with Crippen LogP contribution in [0.3, 0.4) is 0 Å². The first-order valence-electron chi connectivity index (χ1n) is 33.5. The molecular formula is C66H103NO27S2. The number of rotatable bonds is 32. The molecule has 0 aromatic carbocycles. The molecule has 3 spiro atoms. The third-order valence-corrected chi connectivity index (χ3v) is 19.8. The Morgan fingerprint density at radius 2 is 1.60 bits per heavy atom. The minimum absolute atomic E-state index is 0.0130. The van der Waals surface area contributed by atoms with Crippen LogP contribution in [0.5, 0.6) is 0 Å². The van der Waals surface area contributed by atoms with Crippen molar-refractivity contribution in [3.8, 4) is 0 Å². The number of hydrogen-bond donors (Lipinski definition) is 10. The predicted octanol–water partition coefficient (Wildman–Crippen LogP) is 4.43. The Morgan fingerprint density at radius 3 is 2.32 bits per heavy atom. The van der Waals surface area contributed by atoms with Crippen molar-refractivity contribution in [2.75, 3.05) is 33.0 Å². The van der Waals surface area contributed by atoms with Gasteiger partial charge in [0.2, 0.25) is 11.7 Å². The number of aliphatic hydroxyl groups excluding tert-OH is 6. The van der Waals surface area contributed by atoms with Crippen molar-refractivity contribution in [2.45, 2.75) is 272 Å². The van der Waals surface area contributed by atoms with Gasteiger partial charge in [-0.2, -0.15) is 16.8 Å². The molecule has 0 bridgehead atoms. The van der Waals surface area contributed by atoms with E-state index in [1.165, 1.54) is 13.0 Å². The summed E-state index contributed by atoms with van der Waals surface area (Å²) in [5, 5.41) is 79.1. The number of carbonyl (C=O) groups excluding carboxylic acids is 3. The van der Waals surface area contributed by atoms with Crippen LogP contribution < -0.4 is 5.32 Å². The fourth-order valence-corrected chi connectivity index (χ4v) is 14.5. The molecule has 7 aliphatic heterocycles. The van der Waals surface area contributed by atoms with E-state index in [0.717, 1.165) is 37.7 Å². The van der Waals surface area contributed by atoms with Crippen molar-refractivity contribution in [3.05, 3.63) is 71.9 Å². The predicted molar refractivity (Wildman–Crippen MR) is 342 cm³/mol. The van der Waals surface area contributed by atoms with Crippen LogP contribution in [0.15, 0.2) is 71.9 Å². The van der Waals surface area contributed by atoms with Crippen molar-refractivity contribution in [1.82, 2.24) is 5.32 Å². The van der Waals surface area contributed by atoms with Gasteiger partial charge in [0.25, 0.3) is 0 Å². The molecule has 21 atom stereocenters. The Hall–Kier alpha value is -3.97. The maximum absolute atomic E-state index is 13.3. The number of allylic oxidation sites excluding steroid dienone is 3. The summed E-state index contributed by atoms with van der Waals surface area (Å²) in [7, 11) is -10.4. The van der Waals surface area contributed by atoms with Crippen LogP contribution in [0.1, 0.15) is 164 Å². The van der Waals surface area contributed by atoms with Crippen molar-refractivity contribution in [2.24, 2.45) is 17.8 Å². The molecule has 0 radical (unpaired) electrons. The Labute approximate surface area is 563 Å². The lowest BCUT2D eigenvalue weighted by Crippen LogP contribution is -2.60. The average Bonchev–Trinajstić information content (AvgIpc) is 1.28. The van der Waals surface area contributed by atoms with E-state index in [4.69, 9.17) is 51.7 Å². The highest BCUT2D eigenvalue weighted by Gasteiger charge is 2.55. The van der Waals surface area contributed by atoms with Gasteiger partial charge in [0.1, 0.15) is 43.2 Å². The summed E-state index contributed by atoms with van der Waals surface area (Å²) in [5.74, 6) is -4.77. The summed E-state index contributed by atoms with van der Waals surface area (Å²) in [4.78, 5) is 37.8. The second-order valence-electron chi connectivity index (χ2n) is 27.3. The van der Waals surface area contributed by atoms with Gasteiger partial charge in [-0.3, -0.25) is 18.7 Å². The molecule has 10 N–H and O–H groups in total. The van der Waals surface area contributed by atoms with E-state index in [2.05, 4.69) is 34.1 Å². The number of carbonyl (C=O) groups is 3. The zero-order valence-corrected chi connectivity index (χ0v) is 57.4. The van der Waals surface area contributed by atoms with Gasteiger partial charge in [0.05, 0.1) is 75.1 Å². The number of ether oxygens (including phenoxy) is 9. The number of esters is 2. The average molecular weight is 1410 g/mol. The van der Waals surface area contributed by atoms with E-state index in [1.807, 2.05) is 26.0 Å². The lowest BCUT2D eigenvalue weighted by atomic mass is 9.79. The first-order chi connectivity index (χ1) is 45.1. The van der Waals surface area contributed by atoms with Crippen LogP contribution in [0.25, 0.3) is 0 Å². The largest absolute Gasteiger partial charge is 0.465 e. The molecule has 7 heterocycles. The van der Waals surface area contributed by atoms with Crippen LogP contribution in [0, 0.1) is 17.8 Å². The smallest absolute Gasteiger partial charge is 0.397 e. The van der Waals surface area contributed by atoms with Crippen molar-refractivity contribution < 1.29 is 127 Å². The molecule has 1 amide bonds. The summed E-state index contributed by atoms with van der Waals surface area (Å²) in [6.45, 7) is 14.5. The third kappa shape index (κ3) is 23.3. The number of hydrogen-bond acceptors (Lipinski definition) is 25. The normalized spacial score (nSPS) is 33.7. The van der Waals surface area contributed by atoms with E-state index in [9.17, 15) is 67.0 Å². The fourth-order valence-electron chi connectivity index (χ4n) is 13.7. The summed E-state index contributed by atoms with van der Waals surface area (Å²) >= 11 is 0. The minimum atomic E-state index is -5.30. The second kappa shape index (κ2) is 35.1. The summed E-state index contributed by atoms with van der Waals surface area (Å²) < 4.78 is 126. The minimum Gasteiger partial charge on any atom is -0.465 e. The van der Waals surface area contributed by atoms with Gasteiger partial charge < -0.3 is 83.7 Å². The molecule has 96 heavy (non-hydrogen) atoms. The zero-order valence-electron chi connectivity index (χ0n) is 55.8. The van der Waals surface area contributed by atoms with Crippen LogP contribution in [0.2, 0.25) is 0 Å². The van der Waals surface area contributed by atoms with Gasteiger partial charge in [0.15, 0.2) is 17.2 Å². The number of amides is 1. The Morgan fingerprint density at radius 1 is 0.865 bits per heavy atom. The first kappa shape index (κ1) is 79.4. The lowest BCUT2D eigenvalue weighted by molar-refractivity contribution is -0.321. The highest BCUT2D eigenvalue weighted by Crippen LogP contribution is 2.48. The quantitative estimate of drug-likeness (QED) is 0.00847. The SMILES string of the molecule is C=C1C(O)C2OC3(CCC(/C=C/C(C)C4CC(C)=CC5(OC(CC(C)(O)C(=O)OC/C(C)=C/C=C/CCOC(=O)C/C=C/CCC(=O)[15NH][13CH2]C(O)CC(O)C(OS(=O)(=O)O)C(O)COS(=O)(=O)O)CCC5O)O4)O3)CCC2OC1C(O)CC(C)C1OC2(CCCCO2)CCC1C. The molecule has 0 aromatic rings. The number of fused-ring (bicyclic) bond motifs is 1. The topological polar surface area (TPSA) is 415 Å². The molecule has 0 aromatic heterocycles. The lowest BCUT2D eigenvalue weighted by Gasteiger charge is -2.50. The van der Waals surface area contributed by atoms with Crippen LogP contribution in [-0.4, -0.2) is 221 Å². The Kier molecular flexibility index (Phi) is 29.0. The molecule has 7 rings (SSSR count). The zero-order chi connectivity index (χ0) is 70.4. The van der Waals surface area contributed by atoms with Crippen LogP contribution in [-0.2, 0) is 86.2 Å². The van der Waals surface area contributed by atoms with Gasteiger partial charge in [-0.05, 0) is 120 Å². The van der Waals surface area contributed by atoms with Crippen molar-refractivity contribution >= 4 is 38.6 Å². The Balaban J connectivity index is 0.770. The molecular weight excluding hydrogens is 1300 g/mol. The third-order valence-electron chi connectivity index (χ3n) is 18.9. The van der Waals surface area contributed by atoms with Crippen molar-refractivity contribution in [3.63, 3.8) is 0 Å². The van der Waals surface area contributed by atoms with E-state index in [-0.39, 0.29) is 69.4 Å². The van der Waals surface area contributed by atoms with E-state index in [0.29, 0.717) is 75.0 Å². The molecule has 21 unspecified atom stereocenters. The first-order valence-corrected chi connectivity index (χ1v) is 36.2. The van der Waals surface area contributed by atoms with Gasteiger partial charge >= 0.3 is 32.7 Å². The fraction of sp³-hybridized carbons (Fsp3) is 0.773. The molecule has 546 valence electrons. The van der Waals surface area contributed by atoms with Gasteiger partial charge in [-0.15, -0.1) is 0 Å². The molecule has 30 heteroatoms. The van der Waals surface area contributed by atoms with Gasteiger partial charge in [-0.1, -0.05) is 75.5 Å². The highest BCUT2D eigenvalue weighted by molar-refractivity contribution is 7.81. The summed E-state index contributed by atoms with van der Waals surface area (Å²) in [6.07, 6.45) is 7.99. The van der Waals surface area contributed by atoms with Crippen molar-refractivity contribution in [1.29, 1.82) is 0 Å². The molecule has 7 aliphatic rings. The summed E-state index contributed by atoms with van der Waals surface area (Å²) in [6, 6.07) is 0. The van der Waals surface area contributed by atoms with Gasteiger partial charge in [0, 0.05) is 57.4 Å². The molecule has 0 aliphatic carbocycles. The summed E-state index contributed by atoms with van der Waals surface area (Å²) in [5.41, 5.74) is 0.0337. The number of aliphatic hydroxyl groups is 7. The van der Waals surface area contributed by atoms with Gasteiger partial charge in [-0.25, -0.2) is 13.2 Å². The maximum Gasteiger partial charge on any atom is 0.397 e. The Bertz CT molecular complexity index is 2980.